The number of rotatable bonds is 1. The van der Waals surface area contributed by atoms with Crippen molar-refractivity contribution in [2.24, 2.45) is 0 Å². The van der Waals surface area contributed by atoms with Crippen LogP contribution >= 0.6 is 0 Å². The largest absolute Gasteiger partial charge is 0.310 e. The molecule has 1 saturated carbocycles. The van der Waals surface area contributed by atoms with E-state index in [2.05, 4.69) is 9.97 Å². The van der Waals surface area contributed by atoms with Crippen LogP contribution in [-0.2, 0) is 0 Å². The Morgan fingerprint density at radius 3 is 2.93 bits per heavy atom. The van der Waals surface area contributed by atoms with E-state index in [-0.39, 0.29) is 11.4 Å². The highest BCUT2D eigenvalue weighted by Gasteiger charge is 2.26. The zero-order valence-corrected chi connectivity index (χ0v) is 7.96. The van der Waals surface area contributed by atoms with Crippen LogP contribution in [0, 0.1) is 5.82 Å². The summed E-state index contributed by atoms with van der Waals surface area (Å²) in [4.78, 5) is 18.6. The summed E-state index contributed by atoms with van der Waals surface area (Å²) in [5, 5.41) is 0.445. The standard InChI is InChI=1S/C11H9FN2O/c12-7-3-4-8-9(5-7)13-10(6-1-2-6)14-11(8)15/h3-6H,1-2H2,(H,13,14,15). The van der Waals surface area contributed by atoms with Crippen LogP contribution in [0.2, 0.25) is 0 Å². The van der Waals surface area contributed by atoms with Crippen molar-refractivity contribution in [2.75, 3.05) is 0 Å². The molecular formula is C11H9FN2O. The van der Waals surface area contributed by atoms with Gasteiger partial charge < -0.3 is 4.98 Å². The molecular weight excluding hydrogens is 195 g/mol. The molecule has 1 fully saturated rings. The molecule has 3 rings (SSSR count). The predicted octanol–water partition coefficient (Wildman–Crippen LogP) is 1.94. The van der Waals surface area contributed by atoms with Crippen LogP contribution in [0.15, 0.2) is 23.0 Å². The summed E-state index contributed by atoms with van der Waals surface area (Å²) in [6, 6.07) is 4.04. The summed E-state index contributed by atoms with van der Waals surface area (Å²) in [5.41, 5.74) is 0.266. The Labute approximate surface area is 85.0 Å². The van der Waals surface area contributed by atoms with Crippen molar-refractivity contribution in [1.82, 2.24) is 9.97 Å². The molecule has 0 unspecified atom stereocenters. The predicted molar refractivity (Wildman–Crippen MR) is 54.3 cm³/mol. The zero-order chi connectivity index (χ0) is 10.4. The quantitative estimate of drug-likeness (QED) is 0.771. The number of fused-ring (bicyclic) bond motifs is 1. The summed E-state index contributed by atoms with van der Waals surface area (Å²) in [6.07, 6.45) is 2.12. The smallest absolute Gasteiger partial charge is 0.258 e. The Morgan fingerprint density at radius 2 is 2.20 bits per heavy atom. The molecule has 1 aromatic carbocycles. The lowest BCUT2D eigenvalue weighted by Crippen LogP contribution is -2.11. The minimum absolute atomic E-state index is 0.179. The van der Waals surface area contributed by atoms with Gasteiger partial charge in [0.05, 0.1) is 10.9 Å². The van der Waals surface area contributed by atoms with E-state index in [4.69, 9.17) is 0 Å². The van der Waals surface area contributed by atoms with Gasteiger partial charge in [0.15, 0.2) is 0 Å². The third-order valence-electron chi connectivity index (χ3n) is 2.65. The first-order valence-corrected chi connectivity index (χ1v) is 4.93. The molecule has 0 aliphatic heterocycles. The average molecular weight is 204 g/mol. The summed E-state index contributed by atoms with van der Waals surface area (Å²) in [6.45, 7) is 0. The minimum Gasteiger partial charge on any atom is -0.310 e. The van der Waals surface area contributed by atoms with Gasteiger partial charge in [-0.1, -0.05) is 0 Å². The van der Waals surface area contributed by atoms with Crippen LogP contribution in [0.5, 0.6) is 0 Å². The van der Waals surface area contributed by atoms with Gasteiger partial charge in [-0.15, -0.1) is 0 Å². The van der Waals surface area contributed by atoms with Crippen LogP contribution < -0.4 is 5.56 Å². The van der Waals surface area contributed by atoms with Crippen molar-refractivity contribution in [3.8, 4) is 0 Å². The van der Waals surface area contributed by atoms with Crippen LogP contribution in [0.3, 0.4) is 0 Å². The highest BCUT2D eigenvalue weighted by molar-refractivity contribution is 5.77. The number of halogens is 1. The van der Waals surface area contributed by atoms with E-state index in [9.17, 15) is 9.18 Å². The second kappa shape index (κ2) is 2.89. The van der Waals surface area contributed by atoms with Gasteiger partial charge >= 0.3 is 0 Å². The van der Waals surface area contributed by atoms with E-state index in [1.807, 2.05) is 0 Å². The van der Waals surface area contributed by atoms with Crippen molar-refractivity contribution >= 4 is 10.9 Å². The summed E-state index contributed by atoms with van der Waals surface area (Å²) >= 11 is 0. The number of nitrogens with one attached hydrogen (secondary N) is 1. The Balaban J connectivity index is 2.32. The van der Waals surface area contributed by atoms with Gasteiger partial charge in [0.25, 0.3) is 5.56 Å². The maximum Gasteiger partial charge on any atom is 0.258 e. The molecule has 1 aromatic heterocycles. The zero-order valence-electron chi connectivity index (χ0n) is 7.96. The van der Waals surface area contributed by atoms with Gasteiger partial charge in [-0.2, -0.15) is 0 Å². The highest BCUT2D eigenvalue weighted by atomic mass is 19.1. The Kier molecular flexibility index (Phi) is 1.65. The Morgan fingerprint density at radius 1 is 1.40 bits per heavy atom. The van der Waals surface area contributed by atoms with E-state index < -0.39 is 0 Å². The lowest BCUT2D eigenvalue weighted by molar-refractivity contribution is 0.629. The van der Waals surface area contributed by atoms with Gasteiger partial charge in [-0.3, -0.25) is 4.79 Å². The molecule has 4 heteroatoms. The lowest BCUT2D eigenvalue weighted by Gasteiger charge is -2.00. The molecule has 0 bridgehead atoms. The number of hydrogen-bond acceptors (Lipinski definition) is 2. The molecule has 1 aliphatic rings. The van der Waals surface area contributed by atoms with Gasteiger partial charge in [0.2, 0.25) is 0 Å². The fourth-order valence-corrected chi connectivity index (χ4v) is 1.68. The van der Waals surface area contributed by atoms with Gasteiger partial charge in [-0.25, -0.2) is 9.37 Å². The molecule has 0 amide bonds. The van der Waals surface area contributed by atoms with E-state index in [1.54, 1.807) is 0 Å². The molecule has 3 nitrogen and oxygen atoms in total. The maximum atomic E-state index is 13.0. The molecule has 1 aliphatic carbocycles. The van der Waals surface area contributed by atoms with Crippen LogP contribution in [0.1, 0.15) is 24.6 Å². The van der Waals surface area contributed by atoms with Crippen LogP contribution in [0.25, 0.3) is 10.9 Å². The number of aromatic amines is 1. The minimum atomic E-state index is -0.359. The Hall–Kier alpha value is -1.71. The first kappa shape index (κ1) is 8.59. The molecule has 2 aromatic rings. The average Bonchev–Trinajstić information content (AvgIpc) is 2.99. The van der Waals surface area contributed by atoms with Crippen molar-refractivity contribution in [3.63, 3.8) is 0 Å². The highest BCUT2D eigenvalue weighted by Crippen LogP contribution is 2.37. The molecule has 76 valence electrons. The lowest BCUT2D eigenvalue weighted by atomic mass is 10.2. The summed E-state index contributed by atoms with van der Waals surface area (Å²) < 4.78 is 13.0. The molecule has 1 heterocycles. The van der Waals surface area contributed by atoms with Crippen LogP contribution in [0.4, 0.5) is 4.39 Å². The second-order valence-electron chi connectivity index (χ2n) is 3.89. The maximum absolute atomic E-state index is 13.0. The van der Waals surface area contributed by atoms with Crippen molar-refractivity contribution in [1.29, 1.82) is 0 Å². The summed E-state index contributed by atoms with van der Waals surface area (Å²) in [5.74, 6) is 0.700. The number of benzene rings is 1. The second-order valence-corrected chi connectivity index (χ2v) is 3.89. The Bertz CT molecular complexity index is 587. The van der Waals surface area contributed by atoms with E-state index in [1.165, 1.54) is 18.2 Å². The number of H-pyrrole nitrogens is 1. The normalized spacial score (nSPS) is 15.8. The number of nitrogens with zero attached hydrogens (tertiary/aromatic N) is 1. The third-order valence-corrected chi connectivity index (χ3v) is 2.65. The fourth-order valence-electron chi connectivity index (χ4n) is 1.68. The molecule has 0 spiro atoms. The molecule has 1 N–H and O–H groups in total. The SMILES string of the molecule is O=c1[nH]c(C2CC2)nc2cc(F)ccc12. The van der Waals surface area contributed by atoms with Gasteiger partial charge in [0.1, 0.15) is 11.6 Å². The van der Waals surface area contributed by atoms with E-state index in [0.29, 0.717) is 22.6 Å². The van der Waals surface area contributed by atoms with E-state index in [0.717, 1.165) is 12.8 Å². The fraction of sp³-hybridized carbons (Fsp3) is 0.273. The van der Waals surface area contributed by atoms with Crippen molar-refractivity contribution in [3.05, 3.63) is 40.2 Å². The molecule has 0 atom stereocenters. The van der Waals surface area contributed by atoms with Crippen molar-refractivity contribution in [2.45, 2.75) is 18.8 Å². The summed E-state index contributed by atoms with van der Waals surface area (Å²) in [7, 11) is 0. The van der Waals surface area contributed by atoms with E-state index >= 15 is 0 Å². The number of hydrogen-bond donors (Lipinski definition) is 1. The first-order chi connectivity index (χ1) is 7.24. The van der Waals surface area contributed by atoms with Gasteiger partial charge in [0, 0.05) is 12.0 Å². The monoisotopic (exact) mass is 204 g/mol. The topological polar surface area (TPSA) is 45.8 Å². The molecule has 0 saturated heterocycles. The van der Waals surface area contributed by atoms with Crippen molar-refractivity contribution < 1.29 is 4.39 Å². The molecule has 15 heavy (non-hydrogen) atoms. The third kappa shape index (κ3) is 1.42. The molecule has 0 radical (unpaired) electrons. The first-order valence-electron chi connectivity index (χ1n) is 4.93. The number of aromatic nitrogens is 2. The van der Waals surface area contributed by atoms with Crippen LogP contribution in [-0.4, -0.2) is 9.97 Å². The van der Waals surface area contributed by atoms with Gasteiger partial charge in [-0.05, 0) is 25.0 Å².